The van der Waals surface area contributed by atoms with E-state index in [4.69, 9.17) is 4.74 Å². The summed E-state index contributed by atoms with van der Waals surface area (Å²) in [6.45, 7) is 0.871. The minimum absolute atomic E-state index is 0.0860. The topological polar surface area (TPSA) is 56.2 Å². The lowest BCUT2D eigenvalue weighted by atomic mass is 9.98. The lowest BCUT2D eigenvalue weighted by Gasteiger charge is -2.14. The van der Waals surface area contributed by atoms with E-state index < -0.39 is 0 Å². The molecule has 1 N–H and O–H groups in total. The molecule has 0 saturated heterocycles. The molecule has 28 heavy (non-hydrogen) atoms. The maximum Gasteiger partial charge on any atom is 0.407 e. The monoisotopic (exact) mass is 373 g/mol. The fourth-order valence-electron chi connectivity index (χ4n) is 3.66. The van der Waals surface area contributed by atoms with Crippen LogP contribution < -0.4 is 5.32 Å². The number of carbonyl (C=O) groups is 1. The van der Waals surface area contributed by atoms with Gasteiger partial charge in [-0.2, -0.15) is 5.10 Å². The summed E-state index contributed by atoms with van der Waals surface area (Å²) in [6.07, 6.45) is 6.12. The molecule has 0 fully saturated rings. The Morgan fingerprint density at radius 3 is 2.43 bits per heavy atom. The van der Waals surface area contributed by atoms with Crippen LogP contribution in [0.4, 0.5) is 4.79 Å². The van der Waals surface area contributed by atoms with Crippen molar-refractivity contribution in [3.63, 3.8) is 0 Å². The first-order chi connectivity index (χ1) is 13.7. The van der Waals surface area contributed by atoms with Crippen LogP contribution in [0.15, 0.2) is 66.9 Å². The first-order valence-corrected chi connectivity index (χ1v) is 9.47. The molecule has 2 aromatic carbocycles. The smallest absolute Gasteiger partial charge is 0.407 e. The Bertz CT molecular complexity index is 961. The highest BCUT2D eigenvalue weighted by Gasteiger charge is 2.28. The van der Waals surface area contributed by atoms with E-state index in [0.717, 1.165) is 12.1 Å². The Kier molecular flexibility index (Phi) is 5.24. The van der Waals surface area contributed by atoms with Crippen molar-refractivity contribution in [3.05, 3.63) is 83.7 Å². The highest BCUT2D eigenvalue weighted by molar-refractivity contribution is 5.79. The van der Waals surface area contributed by atoms with Crippen LogP contribution in [0.5, 0.6) is 0 Å². The molecule has 5 nitrogen and oxygen atoms in total. The second kappa shape index (κ2) is 8.13. The first-order valence-electron chi connectivity index (χ1n) is 9.47. The maximum atomic E-state index is 12.1. The van der Waals surface area contributed by atoms with E-state index >= 15 is 0 Å². The number of nitrogens with zero attached hydrogens (tertiary/aromatic N) is 2. The van der Waals surface area contributed by atoms with E-state index in [0.29, 0.717) is 13.2 Å². The van der Waals surface area contributed by atoms with Gasteiger partial charge >= 0.3 is 6.09 Å². The van der Waals surface area contributed by atoms with Crippen molar-refractivity contribution in [1.29, 1.82) is 0 Å². The van der Waals surface area contributed by atoms with E-state index in [-0.39, 0.29) is 12.0 Å². The molecule has 3 aromatic rings. The second-order valence-corrected chi connectivity index (χ2v) is 6.82. The molecule has 1 amide bonds. The van der Waals surface area contributed by atoms with Gasteiger partial charge in [0.15, 0.2) is 0 Å². The third kappa shape index (κ3) is 3.69. The Morgan fingerprint density at radius 2 is 1.79 bits per heavy atom. The number of benzene rings is 2. The van der Waals surface area contributed by atoms with Gasteiger partial charge in [-0.3, -0.25) is 4.68 Å². The summed E-state index contributed by atoms with van der Waals surface area (Å²) in [5, 5.41) is 6.93. The van der Waals surface area contributed by atoms with Crippen molar-refractivity contribution in [2.75, 3.05) is 13.2 Å². The predicted octanol–water partition coefficient (Wildman–Crippen LogP) is 4.36. The van der Waals surface area contributed by atoms with Crippen LogP contribution >= 0.6 is 0 Å². The molecule has 1 aromatic heterocycles. The molecule has 1 aliphatic carbocycles. The SMILES string of the molecule is Cn1nccc1C=CCCNC(=O)OCC1c2ccccc2-c2ccccc21. The summed E-state index contributed by atoms with van der Waals surface area (Å²) < 4.78 is 7.32. The summed E-state index contributed by atoms with van der Waals surface area (Å²) >= 11 is 0. The van der Waals surface area contributed by atoms with E-state index in [1.165, 1.54) is 22.3 Å². The molecule has 0 unspecified atom stereocenters. The third-order valence-electron chi connectivity index (χ3n) is 5.07. The summed E-state index contributed by atoms with van der Waals surface area (Å²) in [6, 6.07) is 18.6. The van der Waals surface area contributed by atoms with Crippen LogP contribution in [0, 0.1) is 0 Å². The molecular weight excluding hydrogens is 350 g/mol. The van der Waals surface area contributed by atoms with Crippen molar-refractivity contribution in [2.45, 2.75) is 12.3 Å². The van der Waals surface area contributed by atoms with E-state index in [1.54, 1.807) is 10.9 Å². The lowest BCUT2D eigenvalue weighted by molar-refractivity contribution is 0.143. The number of ether oxygens (including phenoxy) is 1. The maximum absolute atomic E-state index is 12.1. The van der Waals surface area contributed by atoms with Crippen molar-refractivity contribution in [3.8, 4) is 11.1 Å². The van der Waals surface area contributed by atoms with E-state index in [1.807, 2.05) is 49.5 Å². The molecule has 142 valence electrons. The van der Waals surface area contributed by atoms with Gasteiger partial charge in [-0.25, -0.2) is 4.79 Å². The number of hydrogen-bond acceptors (Lipinski definition) is 3. The van der Waals surface area contributed by atoms with Gasteiger partial charge in [-0.1, -0.05) is 54.6 Å². The van der Waals surface area contributed by atoms with Gasteiger partial charge in [0.05, 0.1) is 5.69 Å². The Morgan fingerprint density at radius 1 is 1.11 bits per heavy atom. The third-order valence-corrected chi connectivity index (χ3v) is 5.07. The fourth-order valence-corrected chi connectivity index (χ4v) is 3.66. The predicted molar refractivity (Wildman–Crippen MR) is 110 cm³/mol. The minimum Gasteiger partial charge on any atom is -0.449 e. The largest absolute Gasteiger partial charge is 0.449 e. The number of aryl methyl sites for hydroxylation is 1. The summed E-state index contributed by atoms with van der Waals surface area (Å²) in [5.41, 5.74) is 5.92. The molecule has 0 aliphatic heterocycles. The average molecular weight is 373 g/mol. The van der Waals surface area contributed by atoms with Gasteiger partial charge in [-0.15, -0.1) is 0 Å². The molecule has 0 spiro atoms. The van der Waals surface area contributed by atoms with Crippen molar-refractivity contribution in [1.82, 2.24) is 15.1 Å². The second-order valence-electron chi connectivity index (χ2n) is 6.82. The molecule has 5 heteroatoms. The molecule has 1 aliphatic rings. The zero-order valence-corrected chi connectivity index (χ0v) is 15.8. The van der Waals surface area contributed by atoms with Gasteiger partial charge in [-0.05, 0) is 40.8 Å². The van der Waals surface area contributed by atoms with Crippen LogP contribution in [-0.2, 0) is 11.8 Å². The van der Waals surface area contributed by atoms with Gasteiger partial charge in [0, 0.05) is 25.7 Å². The molecule has 0 radical (unpaired) electrons. The van der Waals surface area contributed by atoms with Crippen LogP contribution in [-0.4, -0.2) is 29.0 Å². The van der Waals surface area contributed by atoms with Crippen LogP contribution in [0.2, 0.25) is 0 Å². The average Bonchev–Trinajstić information content (AvgIpc) is 3.27. The Labute approximate surface area is 164 Å². The number of aromatic nitrogens is 2. The quantitative estimate of drug-likeness (QED) is 0.653. The molecule has 4 rings (SSSR count). The Balaban J connectivity index is 1.29. The van der Waals surface area contributed by atoms with Gasteiger partial charge in [0.2, 0.25) is 0 Å². The first kappa shape index (κ1) is 18.0. The molecule has 0 bridgehead atoms. The zero-order valence-electron chi connectivity index (χ0n) is 15.8. The summed E-state index contributed by atoms with van der Waals surface area (Å²) in [4.78, 5) is 12.1. The van der Waals surface area contributed by atoms with Crippen LogP contribution in [0.3, 0.4) is 0 Å². The van der Waals surface area contributed by atoms with E-state index in [2.05, 4.69) is 34.7 Å². The summed E-state index contributed by atoms with van der Waals surface area (Å²) in [7, 11) is 1.90. The van der Waals surface area contributed by atoms with Crippen LogP contribution in [0.25, 0.3) is 17.2 Å². The highest BCUT2D eigenvalue weighted by atomic mass is 16.5. The number of fused-ring (bicyclic) bond motifs is 3. The minimum atomic E-state index is -0.379. The number of amides is 1. The molecule has 1 heterocycles. The van der Waals surface area contributed by atoms with Gasteiger partial charge < -0.3 is 10.1 Å². The number of carbonyl (C=O) groups excluding carboxylic acids is 1. The van der Waals surface area contributed by atoms with Crippen molar-refractivity contribution < 1.29 is 9.53 Å². The van der Waals surface area contributed by atoms with Gasteiger partial charge in [0.1, 0.15) is 6.61 Å². The molecular formula is C23H23N3O2. The highest BCUT2D eigenvalue weighted by Crippen LogP contribution is 2.44. The Hall–Kier alpha value is -3.34. The normalized spacial score (nSPS) is 12.8. The number of rotatable bonds is 6. The fraction of sp³-hybridized carbons (Fsp3) is 0.217. The van der Waals surface area contributed by atoms with Crippen LogP contribution in [0.1, 0.15) is 29.2 Å². The van der Waals surface area contributed by atoms with E-state index in [9.17, 15) is 4.79 Å². The van der Waals surface area contributed by atoms with Crippen molar-refractivity contribution in [2.24, 2.45) is 7.05 Å². The van der Waals surface area contributed by atoms with Gasteiger partial charge in [0.25, 0.3) is 0 Å². The summed E-state index contributed by atoms with van der Waals surface area (Å²) in [5.74, 6) is 0.0860. The number of hydrogen-bond donors (Lipinski definition) is 1. The zero-order chi connectivity index (χ0) is 19.3. The molecule has 0 saturated carbocycles. The van der Waals surface area contributed by atoms with Crippen molar-refractivity contribution >= 4 is 12.2 Å². The molecule has 0 atom stereocenters. The number of alkyl carbamates (subject to hydrolysis) is 1. The number of nitrogens with one attached hydrogen (secondary N) is 1. The lowest BCUT2D eigenvalue weighted by Crippen LogP contribution is -2.26. The standard InChI is InChI=1S/C23H23N3O2/c1-26-17(13-15-25-26)8-6-7-14-24-23(27)28-16-22-20-11-4-2-9-18(20)19-10-3-5-12-21(19)22/h2-6,8-13,15,22H,7,14,16H2,1H3,(H,24,27).